The summed E-state index contributed by atoms with van der Waals surface area (Å²) in [6.07, 6.45) is 3.01. The van der Waals surface area contributed by atoms with Crippen LogP contribution in [0.15, 0.2) is 12.3 Å². The summed E-state index contributed by atoms with van der Waals surface area (Å²) in [5.41, 5.74) is 0. The molecule has 0 aromatic heterocycles. The lowest BCUT2D eigenvalue weighted by Crippen LogP contribution is -2.22. The van der Waals surface area contributed by atoms with Crippen LogP contribution in [0.5, 0.6) is 0 Å². The lowest BCUT2D eigenvalue weighted by atomic mass is 10.2. The molecule has 1 aliphatic heterocycles. The van der Waals surface area contributed by atoms with Crippen molar-refractivity contribution in [2.24, 2.45) is 0 Å². The summed E-state index contributed by atoms with van der Waals surface area (Å²) < 4.78 is 4.66. The molecule has 1 rings (SSSR count). The average Bonchev–Trinajstić information content (AvgIpc) is 1.23. The monoisotopic (exact) mass is 98.0 g/mol. The van der Waals surface area contributed by atoms with Crippen LogP contribution < -0.4 is 0 Å². The first-order valence-corrected chi connectivity index (χ1v) is 2.13. The Bertz CT molecular complexity index is 115. The Hall–Kier alpha value is -0.790. The highest BCUT2D eigenvalue weighted by Gasteiger charge is 2.15. The normalized spacial score (nSPS) is 25.6. The summed E-state index contributed by atoms with van der Waals surface area (Å²) in [7, 11) is 0. The SMILES string of the molecule is CC(=O)C1C=CO1. The Morgan fingerprint density at radius 1 is 1.86 bits per heavy atom. The van der Waals surface area contributed by atoms with E-state index in [1.165, 1.54) is 13.2 Å². The molecule has 0 saturated carbocycles. The van der Waals surface area contributed by atoms with Gasteiger partial charge in [0.2, 0.25) is 0 Å². The van der Waals surface area contributed by atoms with Gasteiger partial charge in [-0.3, -0.25) is 4.79 Å². The van der Waals surface area contributed by atoms with Crippen molar-refractivity contribution in [3.63, 3.8) is 0 Å². The Morgan fingerprint density at radius 2 is 2.43 bits per heavy atom. The predicted molar refractivity (Wildman–Crippen MR) is 24.7 cm³/mol. The van der Waals surface area contributed by atoms with Crippen LogP contribution in [-0.2, 0) is 9.53 Å². The largest absolute Gasteiger partial charge is 0.486 e. The van der Waals surface area contributed by atoms with Gasteiger partial charge in [-0.1, -0.05) is 0 Å². The van der Waals surface area contributed by atoms with Crippen molar-refractivity contribution >= 4 is 5.78 Å². The first-order chi connectivity index (χ1) is 3.30. The minimum atomic E-state index is -0.236. The molecule has 2 heteroatoms. The minimum Gasteiger partial charge on any atom is -0.486 e. The number of Topliss-reactive ketones (excluding diaryl/α,β-unsaturated/α-hetero) is 1. The van der Waals surface area contributed by atoms with E-state index in [1.807, 2.05) is 0 Å². The Labute approximate surface area is 41.8 Å². The maximum absolute atomic E-state index is 10.2. The first-order valence-electron chi connectivity index (χ1n) is 2.13. The predicted octanol–water partition coefficient (Wildman–Crippen LogP) is 0.488. The van der Waals surface area contributed by atoms with Gasteiger partial charge >= 0.3 is 0 Å². The maximum atomic E-state index is 10.2. The van der Waals surface area contributed by atoms with E-state index in [1.54, 1.807) is 6.08 Å². The topological polar surface area (TPSA) is 26.3 Å². The highest BCUT2D eigenvalue weighted by molar-refractivity contribution is 5.83. The van der Waals surface area contributed by atoms with Gasteiger partial charge in [-0.2, -0.15) is 0 Å². The van der Waals surface area contributed by atoms with Crippen molar-refractivity contribution in [2.45, 2.75) is 13.0 Å². The second-order valence-corrected chi connectivity index (χ2v) is 1.50. The van der Waals surface area contributed by atoms with Gasteiger partial charge in [-0.25, -0.2) is 0 Å². The van der Waals surface area contributed by atoms with Crippen LogP contribution in [0.1, 0.15) is 6.92 Å². The fourth-order valence-electron chi connectivity index (χ4n) is 0.388. The lowest BCUT2D eigenvalue weighted by molar-refractivity contribution is -0.124. The second kappa shape index (κ2) is 1.37. The van der Waals surface area contributed by atoms with Gasteiger partial charge in [0.1, 0.15) is 0 Å². The van der Waals surface area contributed by atoms with Crippen molar-refractivity contribution in [3.05, 3.63) is 12.3 Å². The summed E-state index contributed by atoms with van der Waals surface area (Å²) in [6, 6.07) is 0. The average molecular weight is 98.1 g/mol. The quantitative estimate of drug-likeness (QED) is 0.477. The third-order valence-electron chi connectivity index (χ3n) is 0.879. The molecule has 1 unspecified atom stereocenters. The summed E-state index contributed by atoms with van der Waals surface area (Å²) in [5.74, 6) is 0.0718. The molecule has 38 valence electrons. The molecule has 0 aliphatic carbocycles. The molecular formula is C5H6O2. The third-order valence-corrected chi connectivity index (χ3v) is 0.879. The van der Waals surface area contributed by atoms with Gasteiger partial charge in [-0.05, 0) is 13.0 Å². The standard InChI is InChI=1S/C5H6O2/c1-4(6)5-2-3-7-5/h2-3,5H,1H3. The zero-order valence-corrected chi connectivity index (χ0v) is 4.05. The van der Waals surface area contributed by atoms with Gasteiger partial charge in [0, 0.05) is 0 Å². The molecule has 0 bridgehead atoms. The van der Waals surface area contributed by atoms with Gasteiger partial charge in [0.05, 0.1) is 6.26 Å². The number of rotatable bonds is 1. The van der Waals surface area contributed by atoms with Crippen molar-refractivity contribution in [1.82, 2.24) is 0 Å². The van der Waals surface area contributed by atoms with Crippen LogP contribution in [0.2, 0.25) is 0 Å². The van der Waals surface area contributed by atoms with E-state index in [2.05, 4.69) is 4.74 Å². The van der Waals surface area contributed by atoms with Crippen LogP contribution in [0, 0.1) is 0 Å². The van der Waals surface area contributed by atoms with Gasteiger partial charge in [0.25, 0.3) is 0 Å². The van der Waals surface area contributed by atoms with Crippen molar-refractivity contribution < 1.29 is 9.53 Å². The highest BCUT2D eigenvalue weighted by Crippen LogP contribution is 2.05. The molecule has 0 spiro atoms. The molecule has 0 radical (unpaired) electrons. The number of hydrogen-bond acceptors (Lipinski definition) is 2. The molecule has 7 heavy (non-hydrogen) atoms. The third kappa shape index (κ3) is 0.633. The Morgan fingerprint density at radius 3 is 2.43 bits per heavy atom. The molecule has 1 heterocycles. The van der Waals surface area contributed by atoms with E-state index in [-0.39, 0.29) is 11.9 Å². The van der Waals surface area contributed by atoms with Crippen LogP contribution in [0.25, 0.3) is 0 Å². The Balaban J connectivity index is 2.44. The smallest absolute Gasteiger partial charge is 0.177 e. The van der Waals surface area contributed by atoms with E-state index < -0.39 is 0 Å². The molecule has 1 atom stereocenters. The molecule has 0 aromatic rings. The molecule has 0 N–H and O–H groups in total. The number of ether oxygens (including phenoxy) is 1. The number of ketones is 1. The van der Waals surface area contributed by atoms with E-state index in [9.17, 15) is 4.79 Å². The summed E-state index contributed by atoms with van der Waals surface area (Å²) >= 11 is 0. The molecule has 1 aliphatic rings. The molecule has 0 fully saturated rings. The van der Waals surface area contributed by atoms with E-state index >= 15 is 0 Å². The van der Waals surface area contributed by atoms with Gasteiger partial charge in [0.15, 0.2) is 11.9 Å². The molecule has 2 nitrogen and oxygen atoms in total. The first kappa shape index (κ1) is 4.37. The summed E-state index contributed by atoms with van der Waals surface area (Å²) in [6.45, 7) is 1.51. The van der Waals surface area contributed by atoms with E-state index in [4.69, 9.17) is 0 Å². The maximum Gasteiger partial charge on any atom is 0.177 e. The lowest BCUT2D eigenvalue weighted by Gasteiger charge is -2.15. The summed E-state index contributed by atoms with van der Waals surface area (Å²) in [4.78, 5) is 10.2. The van der Waals surface area contributed by atoms with E-state index in [0.717, 1.165) is 0 Å². The second-order valence-electron chi connectivity index (χ2n) is 1.50. The van der Waals surface area contributed by atoms with Gasteiger partial charge in [-0.15, -0.1) is 0 Å². The fraction of sp³-hybridized carbons (Fsp3) is 0.400. The fourth-order valence-corrected chi connectivity index (χ4v) is 0.388. The molecule has 0 aromatic carbocycles. The van der Waals surface area contributed by atoms with E-state index in [0.29, 0.717) is 0 Å². The molecule has 0 amide bonds. The highest BCUT2D eigenvalue weighted by atomic mass is 16.5. The molecular weight excluding hydrogens is 92.1 g/mol. The van der Waals surface area contributed by atoms with Crippen LogP contribution in [0.3, 0.4) is 0 Å². The number of carbonyl (C=O) groups is 1. The zero-order chi connectivity index (χ0) is 5.28. The Kier molecular flexibility index (Phi) is 0.855. The number of carbonyl (C=O) groups excluding carboxylic acids is 1. The minimum absolute atomic E-state index is 0.0718. The summed E-state index contributed by atoms with van der Waals surface area (Å²) in [5, 5.41) is 0. The zero-order valence-electron chi connectivity index (χ0n) is 4.05. The molecule has 0 saturated heterocycles. The van der Waals surface area contributed by atoms with Crippen molar-refractivity contribution in [3.8, 4) is 0 Å². The van der Waals surface area contributed by atoms with Crippen molar-refractivity contribution in [2.75, 3.05) is 0 Å². The number of hydrogen-bond donors (Lipinski definition) is 0. The van der Waals surface area contributed by atoms with Crippen LogP contribution in [-0.4, -0.2) is 11.9 Å². The van der Waals surface area contributed by atoms with Crippen molar-refractivity contribution in [1.29, 1.82) is 0 Å². The van der Waals surface area contributed by atoms with Crippen LogP contribution >= 0.6 is 0 Å². The van der Waals surface area contributed by atoms with Crippen LogP contribution in [0.4, 0.5) is 0 Å². The van der Waals surface area contributed by atoms with Gasteiger partial charge < -0.3 is 4.74 Å².